The third-order valence-corrected chi connectivity index (χ3v) is 4.63. The van der Waals surface area contributed by atoms with Crippen LogP contribution in [-0.2, 0) is 0 Å². The summed E-state index contributed by atoms with van der Waals surface area (Å²) in [5.41, 5.74) is 0.0453. The van der Waals surface area contributed by atoms with Gasteiger partial charge >= 0.3 is 0 Å². The first-order chi connectivity index (χ1) is 10.1. The lowest BCUT2D eigenvalue weighted by Gasteiger charge is -2.47. The maximum absolute atomic E-state index is 13.9. The molecule has 4 nitrogen and oxygen atoms in total. The van der Waals surface area contributed by atoms with Crippen molar-refractivity contribution in [3.63, 3.8) is 0 Å². The predicted octanol–water partition coefficient (Wildman–Crippen LogP) is 2.23. The molecule has 5 heteroatoms. The number of halogens is 1. The molecule has 0 spiro atoms. The number of phenolic OH excluding ortho intramolecular Hbond substituents is 1. The van der Waals surface area contributed by atoms with Gasteiger partial charge in [0, 0.05) is 31.2 Å². The number of carbonyl (C=O) groups excluding carboxylic acids is 1. The Balaban J connectivity index is 1.80. The number of aromatic hydroxyl groups is 1. The van der Waals surface area contributed by atoms with Crippen LogP contribution in [0.1, 0.15) is 36.5 Å². The van der Waals surface area contributed by atoms with E-state index in [0.29, 0.717) is 12.6 Å². The Kier molecular flexibility index (Phi) is 3.85. The van der Waals surface area contributed by atoms with Crippen LogP contribution in [0.3, 0.4) is 0 Å². The molecule has 0 bridgehead atoms. The van der Waals surface area contributed by atoms with E-state index in [1.54, 1.807) is 4.90 Å². The zero-order valence-corrected chi connectivity index (χ0v) is 12.3. The lowest BCUT2D eigenvalue weighted by atomic mass is 9.96. The predicted molar refractivity (Wildman–Crippen MR) is 77.8 cm³/mol. The standard InChI is InChI=1S/C16H21FN2O2/c1-11-9-18-7-3-2-4-12(18)10-19(11)16(21)14-6-5-13(20)8-15(14)17/h5-6,8,11-12,20H,2-4,7,9-10H2,1H3. The van der Waals surface area contributed by atoms with E-state index >= 15 is 0 Å². The van der Waals surface area contributed by atoms with Crippen LogP contribution in [0.25, 0.3) is 0 Å². The van der Waals surface area contributed by atoms with E-state index < -0.39 is 5.82 Å². The molecule has 2 saturated heterocycles. The highest BCUT2D eigenvalue weighted by Crippen LogP contribution is 2.26. The largest absolute Gasteiger partial charge is 0.508 e. The minimum atomic E-state index is -0.654. The molecule has 0 radical (unpaired) electrons. The van der Waals surface area contributed by atoms with E-state index in [9.17, 15) is 14.3 Å². The molecule has 0 saturated carbocycles. The van der Waals surface area contributed by atoms with Gasteiger partial charge in [-0.25, -0.2) is 4.39 Å². The van der Waals surface area contributed by atoms with Crippen molar-refractivity contribution < 1.29 is 14.3 Å². The Labute approximate surface area is 124 Å². The molecule has 2 aliphatic heterocycles. The fraction of sp³-hybridized carbons (Fsp3) is 0.562. The average Bonchev–Trinajstić information content (AvgIpc) is 2.46. The van der Waals surface area contributed by atoms with Gasteiger partial charge < -0.3 is 10.0 Å². The van der Waals surface area contributed by atoms with Crippen LogP contribution in [0.2, 0.25) is 0 Å². The van der Waals surface area contributed by atoms with E-state index in [1.165, 1.54) is 25.0 Å². The summed E-state index contributed by atoms with van der Waals surface area (Å²) < 4.78 is 13.9. The number of piperazine rings is 1. The second-order valence-electron chi connectivity index (χ2n) is 6.12. The van der Waals surface area contributed by atoms with Crippen molar-refractivity contribution in [3.8, 4) is 5.75 Å². The molecule has 2 heterocycles. The number of phenols is 1. The third-order valence-electron chi connectivity index (χ3n) is 4.63. The molecule has 2 fully saturated rings. The van der Waals surface area contributed by atoms with Gasteiger partial charge in [-0.1, -0.05) is 6.42 Å². The number of hydrogen-bond donors (Lipinski definition) is 1. The fourth-order valence-corrected chi connectivity index (χ4v) is 3.47. The molecular formula is C16H21FN2O2. The van der Waals surface area contributed by atoms with Gasteiger partial charge in [0.05, 0.1) is 5.56 Å². The summed E-state index contributed by atoms with van der Waals surface area (Å²) in [4.78, 5) is 16.8. The minimum absolute atomic E-state index is 0.0453. The number of carbonyl (C=O) groups is 1. The van der Waals surface area contributed by atoms with Gasteiger partial charge in [-0.2, -0.15) is 0 Å². The number of hydrogen-bond acceptors (Lipinski definition) is 3. The molecule has 1 aromatic carbocycles. The molecule has 1 amide bonds. The summed E-state index contributed by atoms with van der Waals surface area (Å²) >= 11 is 0. The summed E-state index contributed by atoms with van der Waals surface area (Å²) in [5.74, 6) is -1.09. The van der Waals surface area contributed by atoms with Crippen molar-refractivity contribution in [2.24, 2.45) is 0 Å². The molecule has 0 aromatic heterocycles. The van der Waals surface area contributed by atoms with Gasteiger partial charge in [0.2, 0.25) is 0 Å². The molecular weight excluding hydrogens is 271 g/mol. The van der Waals surface area contributed by atoms with Crippen LogP contribution in [-0.4, -0.2) is 52.5 Å². The van der Waals surface area contributed by atoms with Crippen LogP contribution in [0.5, 0.6) is 5.75 Å². The van der Waals surface area contributed by atoms with Gasteiger partial charge in [-0.3, -0.25) is 9.69 Å². The van der Waals surface area contributed by atoms with Crippen molar-refractivity contribution in [1.29, 1.82) is 0 Å². The summed E-state index contributed by atoms with van der Waals surface area (Å²) in [5, 5.41) is 9.26. The fourth-order valence-electron chi connectivity index (χ4n) is 3.47. The number of amides is 1. The van der Waals surface area contributed by atoms with Crippen LogP contribution in [0.4, 0.5) is 4.39 Å². The first-order valence-electron chi connectivity index (χ1n) is 7.60. The van der Waals surface area contributed by atoms with E-state index in [4.69, 9.17) is 0 Å². The molecule has 0 aliphatic carbocycles. The summed E-state index contributed by atoms with van der Waals surface area (Å²) in [6.45, 7) is 4.64. The van der Waals surface area contributed by atoms with Gasteiger partial charge in [-0.05, 0) is 38.4 Å². The van der Waals surface area contributed by atoms with Crippen LogP contribution in [0, 0.1) is 5.82 Å². The molecule has 3 rings (SSSR count). The Morgan fingerprint density at radius 2 is 2.14 bits per heavy atom. The highest BCUT2D eigenvalue weighted by atomic mass is 19.1. The average molecular weight is 292 g/mol. The normalized spacial score (nSPS) is 26.5. The van der Waals surface area contributed by atoms with Gasteiger partial charge in [0.25, 0.3) is 5.91 Å². The van der Waals surface area contributed by atoms with Crippen LogP contribution < -0.4 is 0 Å². The Morgan fingerprint density at radius 1 is 1.33 bits per heavy atom. The first kappa shape index (κ1) is 14.3. The number of piperidine rings is 1. The number of benzene rings is 1. The van der Waals surface area contributed by atoms with Crippen molar-refractivity contribution in [2.75, 3.05) is 19.6 Å². The lowest BCUT2D eigenvalue weighted by Crippen LogP contribution is -2.60. The van der Waals surface area contributed by atoms with E-state index in [0.717, 1.165) is 25.6 Å². The third kappa shape index (κ3) is 2.75. The van der Waals surface area contributed by atoms with Crippen molar-refractivity contribution in [2.45, 2.75) is 38.3 Å². The maximum atomic E-state index is 13.9. The second kappa shape index (κ2) is 5.64. The highest BCUT2D eigenvalue weighted by Gasteiger charge is 2.36. The molecule has 114 valence electrons. The molecule has 2 unspecified atom stereocenters. The number of nitrogens with zero attached hydrogens (tertiary/aromatic N) is 2. The molecule has 21 heavy (non-hydrogen) atoms. The van der Waals surface area contributed by atoms with Crippen molar-refractivity contribution in [1.82, 2.24) is 9.80 Å². The van der Waals surface area contributed by atoms with Gasteiger partial charge in [0.15, 0.2) is 0 Å². The summed E-state index contributed by atoms with van der Waals surface area (Å²) in [7, 11) is 0. The number of fused-ring (bicyclic) bond motifs is 1. The number of rotatable bonds is 1. The summed E-state index contributed by atoms with van der Waals surface area (Å²) in [6.07, 6.45) is 3.53. The SMILES string of the molecule is CC1CN2CCCCC2CN1C(=O)c1ccc(O)cc1F. The maximum Gasteiger partial charge on any atom is 0.257 e. The zero-order valence-electron chi connectivity index (χ0n) is 12.3. The highest BCUT2D eigenvalue weighted by molar-refractivity contribution is 5.95. The molecule has 2 aliphatic rings. The van der Waals surface area contributed by atoms with Crippen molar-refractivity contribution in [3.05, 3.63) is 29.6 Å². The molecule has 1 N–H and O–H groups in total. The Hall–Kier alpha value is -1.62. The van der Waals surface area contributed by atoms with Crippen LogP contribution in [0.15, 0.2) is 18.2 Å². The van der Waals surface area contributed by atoms with E-state index in [-0.39, 0.29) is 23.3 Å². The molecule has 2 atom stereocenters. The second-order valence-corrected chi connectivity index (χ2v) is 6.12. The van der Waals surface area contributed by atoms with Gasteiger partial charge in [-0.15, -0.1) is 0 Å². The first-order valence-corrected chi connectivity index (χ1v) is 7.60. The quantitative estimate of drug-likeness (QED) is 0.863. The lowest BCUT2D eigenvalue weighted by molar-refractivity contribution is 0.0149. The smallest absolute Gasteiger partial charge is 0.257 e. The van der Waals surface area contributed by atoms with Crippen LogP contribution >= 0.6 is 0 Å². The molecule has 1 aromatic rings. The zero-order chi connectivity index (χ0) is 15.0. The van der Waals surface area contributed by atoms with Crippen molar-refractivity contribution >= 4 is 5.91 Å². The van der Waals surface area contributed by atoms with Gasteiger partial charge in [0.1, 0.15) is 11.6 Å². The monoisotopic (exact) mass is 292 g/mol. The Bertz CT molecular complexity index is 549. The van der Waals surface area contributed by atoms with E-state index in [1.807, 2.05) is 6.92 Å². The Morgan fingerprint density at radius 3 is 2.90 bits per heavy atom. The summed E-state index contributed by atoms with van der Waals surface area (Å²) in [6, 6.07) is 4.21. The van der Waals surface area contributed by atoms with E-state index in [2.05, 4.69) is 4.90 Å². The minimum Gasteiger partial charge on any atom is -0.508 e. The topological polar surface area (TPSA) is 43.8 Å².